The molecule has 0 radical (unpaired) electrons. The minimum Gasteiger partial charge on any atom is -0.380 e. The SMILES string of the molecule is CCC1(CC)[C@H](NC(=O)Cc2cc(C)[nH]n2)[C@@H](C)[C@@H]1OC. The Balaban J connectivity index is 2.02. The van der Waals surface area contributed by atoms with E-state index in [9.17, 15) is 4.79 Å². The maximum absolute atomic E-state index is 12.3. The molecular formula is C16H27N3O2. The molecule has 118 valence electrons. The van der Waals surface area contributed by atoms with E-state index >= 15 is 0 Å². The van der Waals surface area contributed by atoms with Gasteiger partial charge < -0.3 is 10.1 Å². The van der Waals surface area contributed by atoms with E-state index in [1.165, 1.54) is 0 Å². The van der Waals surface area contributed by atoms with Crippen molar-refractivity contribution in [3.63, 3.8) is 0 Å². The second kappa shape index (κ2) is 6.18. The number of hydrogen-bond donors (Lipinski definition) is 2. The van der Waals surface area contributed by atoms with Crippen LogP contribution in [0.4, 0.5) is 0 Å². The first-order chi connectivity index (χ1) is 9.98. The number of aromatic nitrogens is 2. The van der Waals surface area contributed by atoms with Gasteiger partial charge in [-0.25, -0.2) is 0 Å². The number of aryl methyl sites for hydroxylation is 1. The zero-order valence-corrected chi connectivity index (χ0v) is 13.7. The lowest BCUT2D eigenvalue weighted by Crippen LogP contribution is -2.70. The zero-order chi connectivity index (χ0) is 15.6. The van der Waals surface area contributed by atoms with Crippen LogP contribution in [0.25, 0.3) is 0 Å². The van der Waals surface area contributed by atoms with E-state index in [-0.39, 0.29) is 23.5 Å². The van der Waals surface area contributed by atoms with Gasteiger partial charge in [-0.15, -0.1) is 0 Å². The van der Waals surface area contributed by atoms with Crippen LogP contribution in [0.15, 0.2) is 6.07 Å². The van der Waals surface area contributed by atoms with E-state index < -0.39 is 0 Å². The summed E-state index contributed by atoms with van der Waals surface area (Å²) in [5.74, 6) is 0.388. The highest BCUT2D eigenvalue weighted by Crippen LogP contribution is 2.52. The molecule has 1 aliphatic rings. The third kappa shape index (κ3) is 2.71. The molecule has 0 aliphatic heterocycles. The molecule has 0 aromatic carbocycles. The summed E-state index contributed by atoms with van der Waals surface area (Å²) in [4.78, 5) is 12.3. The van der Waals surface area contributed by atoms with Crippen molar-refractivity contribution >= 4 is 5.91 Å². The van der Waals surface area contributed by atoms with Gasteiger partial charge in [0.15, 0.2) is 0 Å². The highest BCUT2D eigenvalue weighted by molar-refractivity contribution is 5.78. The van der Waals surface area contributed by atoms with Gasteiger partial charge in [0, 0.05) is 30.2 Å². The minimum absolute atomic E-state index is 0.0409. The maximum atomic E-state index is 12.3. The van der Waals surface area contributed by atoms with Crippen LogP contribution in [0.3, 0.4) is 0 Å². The fourth-order valence-corrected chi connectivity index (χ4v) is 4.05. The summed E-state index contributed by atoms with van der Waals surface area (Å²) in [6.45, 7) is 8.45. The Hall–Kier alpha value is -1.36. The minimum atomic E-state index is 0.0409. The highest BCUT2D eigenvalue weighted by atomic mass is 16.5. The van der Waals surface area contributed by atoms with Crippen molar-refractivity contribution < 1.29 is 9.53 Å². The van der Waals surface area contributed by atoms with Crippen LogP contribution < -0.4 is 5.32 Å². The van der Waals surface area contributed by atoms with Crippen molar-refractivity contribution in [2.45, 2.75) is 59.1 Å². The molecule has 5 heteroatoms. The van der Waals surface area contributed by atoms with Crippen molar-refractivity contribution in [3.05, 3.63) is 17.5 Å². The van der Waals surface area contributed by atoms with E-state index in [0.29, 0.717) is 12.3 Å². The lowest BCUT2D eigenvalue weighted by molar-refractivity contribution is -0.172. The highest BCUT2D eigenvalue weighted by Gasteiger charge is 2.58. The molecule has 1 heterocycles. The van der Waals surface area contributed by atoms with Crippen molar-refractivity contribution in [3.8, 4) is 0 Å². The Morgan fingerprint density at radius 1 is 1.48 bits per heavy atom. The number of H-pyrrole nitrogens is 1. The molecule has 1 aliphatic carbocycles. The predicted octanol–water partition coefficient (Wildman–Crippen LogP) is 2.22. The number of aromatic amines is 1. The van der Waals surface area contributed by atoms with Crippen LogP contribution in [0.2, 0.25) is 0 Å². The van der Waals surface area contributed by atoms with E-state index in [4.69, 9.17) is 4.74 Å². The topological polar surface area (TPSA) is 67.0 Å². The van der Waals surface area contributed by atoms with Gasteiger partial charge >= 0.3 is 0 Å². The first kappa shape index (κ1) is 16.0. The Morgan fingerprint density at radius 2 is 2.14 bits per heavy atom. The largest absolute Gasteiger partial charge is 0.380 e. The Kier molecular flexibility index (Phi) is 4.71. The lowest BCUT2D eigenvalue weighted by Gasteiger charge is -2.59. The van der Waals surface area contributed by atoms with Crippen molar-refractivity contribution in [1.29, 1.82) is 0 Å². The van der Waals surface area contributed by atoms with E-state index in [2.05, 4.69) is 36.3 Å². The van der Waals surface area contributed by atoms with Crippen molar-refractivity contribution in [1.82, 2.24) is 15.5 Å². The smallest absolute Gasteiger partial charge is 0.226 e. The molecule has 1 aromatic rings. The normalized spacial score (nSPS) is 27.2. The summed E-state index contributed by atoms with van der Waals surface area (Å²) in [7, 11) is 1.77. The second-order valence-electron chi connectivity index (χ2n) is 6.22. The molecular weight excluding hydrogens is 266 g/mol. The third-order valence-electron chi connectivity index (χ3n) is 5.18. The fraction of sp³-hybridized carbons (Fsp3) is 0.750. The number of ether oxygens (including phenoxy) is 1. The number of hydrogen-bond acceptors (Lipinski definition) is 3. The fourth-order valence-electron chi connectivity index (χ4n) is 4.05. The average molecular weight is 293 g/mol. The van der Waals surface area contributed by atoms with E-state index in [0.717, 1.165) is 24.2 Å². The number of nitrogens with one attached hydrogen (secondary N) is 2. The Labute approximate surface area is 126 Å². The molecule has 0 saturated heterocycles. The Morgan fingerprint density at radius 3 is 2.62 bits per heavy atom. The quantitative estimate of drug-likeness (QED) is 0.845. The first-order valence-corrected chi connectivity index (χ1v) is 7.81. The molecule has 0 unspecified atom stereocenters. The molecule has 2 rings (SSSR count). The molecule has 2 N–H and O–H groups in total. The summed E-state index contributed by atoms with van der Waals surface area (Å²) in [5, 5.41) is 10.2. The maximum Gasteiger partial charge on any atom is 0.226 e. The molecule has 1 amide bonds. The van der Waals surface area contributed by atoms with Crippen LogP contribution in [-0.2, 0) is 16.0 Å². The molecule has 1 aromatic heterocycles. The van der Waals surface area contributed by atoms with Crippen LogP contribution >= 0.6 is 0 Å². The number of methoxy groups -OCH3 is 1. The Bertz CT molecular complexity index is 493. The third-order valence-corrected chi connectivity index (χ3v) is 5.18. The average Bonchev–Trinajstić information content (AvgIpc) is 2.86. The van der Waals surface area contributed by atoms with Gasteiger partial charge in [0.25, 0.3) is 0 Å². The summed E-state index contributed by atoms with van der Waals surface area (Å²) in [6.07, 6.45) is 2.58. The number of nitrogens with zero attached hydrogens (tertiary/aromatic N) is 1. The molecule has 21 heavy (non-hydrogen) atoms. The number of rotatable bonds is 6. The van der Waals surface area contributed by atoms with Gasteiger partial charge in [-0.1, -0.05) is 20.8 Å². The van der Waals surface area contributed by atoms with Crippen LogP contribution in [0, 0.1) is 18.3 Å². The molecule has 3 atom stereocenters. The molecule has 0 spiro atoms. The van der Waals surface area contributed by atoms with Crippen LogP contribution in [0.5, 0.6) is 0 Å². The van der Waals surface area contributed by atoms with Crippen LogP contribution in [0.1, 0.15) is 45.0 Å². The zero-order valence-electron chi connectivity index (χ0n) is 13.7. The molecule has 0 bridgehead atoms. The van der Waals surface area contributed by atoms with Gasteiger partial charge in [0.1, 0.15) is 0 Å². The van der Waals surface area contributed by atoms with Gasteiger partial charge in [0.2, 0.25) is 5.91 Å². The van der Waals surface area contributed by atoms with Gasteiger partial charge in [-0.3, -0.25) is 9.89 Å². The molecule has 1 saturated carbocycles. The monoisotopic (exact) mass is 293 g/mol. The predicted molar refractivity (Wildman–Crippen MR) is 81.9 cm³/mol. The first-order valence-electron chi connectivity index (χ1n) is 7.81. The van der Waals surface area contributed by atoms with Crippen molar-refractivity contribution in [2.24, 2.45) is 11.3 Å². The summed E-state index contributed by atoms with van der Waals surface area (Å²) in [5.41, 5.74) is 1.83. The number of carbonyl (C=O) groups is 1. The molecule has 1 fully saturated rings. The lowest BCUT2D eigenvalue weighted by atomic mass is 9.53. The molecule has 5 nitrogen and oxygen atoms in total. The second-order valence-corrected chi connectivity index (χ2v) is 6.22. The van der Waals surface area contributed by atoms with Gasteiger partial charge in [0.05, 0.1) is 18.2 Å². The van der Waals surface area contributed by atoms with Crippen LogP contribution in [-0.4, -0.2) is 35.4 Å². The van der Waals surface area contributed by atoms with Gasteiger partial charge in [-0.2, -0.15) is 5.10 Å². The van der Waals surface area contributed by atoms with Gasteiger partial charge in [-0.05, 0) is 25.8 Å². The number of carbonyl (C=O) groups excluding carboxylic acids is 1. The van der Waals surface area contributed by atoms with E-state index in [1.54, 1.807) is 7.11 Å². The van der Waals surface area contributed by atoms with E-state index in [1.807, 2.05) is 13.0 Å². The standard InChI is InChI=1S/C16H27N3O2/c1-6-16(7-2)14(11(4)15(16)21-5)17-13(20)9-12-8-10(3)18-19-12/h8,11,14-15H,6-7,9H2,1-5H3,(H,17,20)(H,18,19)/t11-,14-,15+/m1/s1. The summed E-state index contributed by atoms with van der Waals surface area (Å²) in [6, 6.07) is 2.10. The number of amides is 1. The summed E-state index contributed by atoms with van der Waals surface area (Å²) >= 11 is 0. The summed E-state index contributed by atoms with van der Waals surface area (Å²) < 4.78 is 5.66. The van der Waals surface area contributed by atoms with Crippen molar-refractivity contribution in [2.75, 3.05) is 7.11 Å².